The zero-order valence-electron chi connectivity index (χ0n) is 13.1. The Kier molecular flexibility index (Phi) is 5.70. The Bertz CT molecular complexity index is 661. The smallest absolute Gasteiger partial charge is 0.222 e. The van der Waals surface area contributed by atoms with E-state index in [2.05, 4.69) is 10.3 Å². The molecule has 1 aromatic heterocycles. The molecule has 126 valence electrons. The zero-order valence-corrected chi connectivity index (χ0v) is 13.9. The van der Waals surface area contributed by atoms with Crippen LogP contribution in [-0.2, 0) is 26.0 Å². The summed E-state index contributed by atoms with van der Waals surface area (Å²) in [5, 5.41) is 2.73. The molecule has 1 N–H and O–H groups in total. The average Bonchev–Trinajstić information content (AvgIpc) is 2.83. The van der Waals surface area contributed by atoms with Crippen molar-refractivity contribution in [2.24, 2.45) is 0 Å². The Morgan fingerprint density at radius 1 is 1.35 bits per heavy atom. The summed E-state index contributed by atoms with van der Waals surface area (Å²) < 4.78 is 22.7. The van der Waals surface area contributed by atoms with Crippen molar-refractivity contribution in [1.82, 2.24) is 15.2 Å². The van der Waals surface area contributed by atoms with Crippen molar-refractivity contribution in [2.75, 3.05) is 18.1 Å². The van der Waals surface area contributed by atoms with Crippen molar-refractivity contribution in [3.63, 3.8) is 0 Å². The normalized spacial score (nSPS) is 19.3. The molecule has 1 unspecified atom stereocenters. The largest absolute Gasteiger partial charge is 0.352 e. The molecule has 2 amide bonds. The predicted molar refractivity (Wildman–Crippen MR) is 85.1 cm³/mol. The van der Waals surface area contributed by atoms with Crippen LogP contribution in [0.3, 0.4) is 0 Å². The molecule has 1 aromatic rings. The number of carbonyl (C=O) groups excluding carboxylic acids is 2. The van der Waals surface area contributed by atoms with Gasteiger partial charge < -0.3 is 10.2 Å². The number of amides is 2. The highest BCUT2D eigenvalue weighted by molar-refractivity contribution is 7.91. The number of hydrogen-bond acceptors (Lipinski definition) is 5. The Morgan fingerprint density at radius 3 is 2.61 bits per heavy atom. The second-order valence-electron chi connectivity index (χ2n) is 5.71. The van der Waals surface area contributed by atoms with Gasteiger partial charge in [-0.1, -0.05) is 0 Å². The molecule has 1 saturated heterocycles. The summed E-state index contributed by atoms with van der Waals surface area (Å²) in [7, 11) is -3.01. The summed E-state index contributed by atoms with van der Waals surface area (Å²) in [5.41, 5.74) is 0.942. The quantitative estimate of drug-likeness (QED) is 0.794. The fraction of sp³-hybridized carbons (Fsp3) is 0.533. The van der Waals surface area contributed by atoms with Gasteiger partial charge in [-0.15, -0.1) is 0 Å². The first-order chi connectivity index (χ1) is 10.9. The van der Waals surface area contributed by atoms with Gasteiger partial charge in [-0.3, -0.25) is 14.6 Å². The monoisotopic (exact) mass is 339 g/mol. The first-order valence-electron chi connectivity index (χ1n) is 7.50. The van der Waals surface area contributed by atoms with Crippen LogP contribution in [0.4, 0.5) is 0 Å². The van der Waals surface area contributed by atoms with Crippen LogP contribution in [0, 0.1) is 0 Å². The maximum Gasteiger partial charge on any atom is 0.222 e. The lowest BCUT2D eigenvalue weighted by Crippen LogP contribution is -2.38. The highest BCUT2D eigenvalue weighted by Gasteiger charge is 2.28. The van der Waals surface area contributed by atoms with Gasteiger partial charge in [0, 0.05) is 44.9 Å². The highest BCUT2D eigenvalue weighted by atomic mass is 32.2. The highest BCUT2D eigenvalue weighted by Crippen LogP contribution is 2.11. The van der Waals surface area contributed by atoms with E-state index < -0.39 is 9.84 Å². The van der Waals surface area contributed by atoms with Gasteiger partial charge in [0.25, 0.3) is 0 Å². The number of pyridine rings is 1. The van der Waals surface area contributed by atoms with Crippen LogP contribution in [0.25, 0.3) is 0 Å². The van der Waals surface area contributed by atoms with E-state index in [1.807, 2.05) is 12.1 Å². The maximum absolute atomic E-state index is 11.9. The first-order valence-corrected chi connectivity index (χ1v) is 9.32. The molecule has 0 spiro atoms. The van der Waals surface area contributed by atoms with Gasteiger partial charge in [-0.25, -0.2) is 8.42 Å². The zero-order chi connectivity index (χ0) is 16.9. The van der Waals surface area contributed by atoms with Crippen LogP contribution in [0.5, 0.6) is 0 Å². The van der Waals surface area contributed by atoms with Crippen LogP contribution in [0.2, 0.25) is 0 Å². The van der Waals surface area contributed by atoms with Gasteiger partial charge in [0.1, 0.15) is 0 Å². The van der Waals surface area contributed by atoms with Gasteiger partial charge in [-0.2, -0.15) is 0 Å². The van der Waals surface area contributed by atoms with Crippen LogP contribution >= 0.6 is 0 Å². The lowest BCUT2D eigenvalue weighted by molar-refractivity contribution is -0.130. The molecule has 0 bridgehead atoms. The number of nitrogens with one attached hydrogen (secondary N) is 1. The van der Waals surface area contributed by atoms with Gasteiger partial charge in [0.15, 0.2) is 9.84 Å². The third kappa shape index (κ3) is 5.63. The molecule has 8 heteroatoms. The minimum atomic E-state index is -3.01. The van der Waals surface area contributed by atoms with Crippen LogP contribution in [0.1, 0.15) is 25.3 Å². The van der Waals surface area contributed by atoms with E-state index in [1.54, 1.807) is 17.3 Å². The molecular formula is C15H21N3O4S. The number of nitrogens with zero attached hydrogens (tertiary/aromatic N) is 2. The number of carbonyl (C=O) groups is 2. The van der Waals surface area contributed by atoms with E-state index in [0.717, 1.165) is 5.56 Å². The Morgan fingerprint density at radius 2 is 2.04 bits per heavy atom. The lowest BCUT2D eigenvalue weighted by atomic mass is 10.2. The summed E-state index contributed by atoms with van der Waals surface area (Å²) in [6.45, 7) is 2.18. The number of hydrogen-bond donors (Lipinski definition) is 1. The maximum atomic E-state index is 11.9. The second-order valence-corrected chi connectivity index (χ2v) is 7.94. The Balaban J connectivity index is 1.82. The van der Waals surface area contributed by atoms with E-state index in [1.165, 1.54) is 6.92 Å². The summed E-state index contributed by atoms with van der Waals surface area (Å²) in [6, 6.07) is 3.33. The van der Waals surface area contributed by atoms with Crippen molar-refractivity contribution in [2.45, 2.75) is 32.4 Å². The van der Waals surface area contributed by atoms with E-state index in [9.17, 15) is 18.0 Å². The fourth-order valence-electron chi connectivity index (χ4n) is 2.50. The molecule has 0 saturated carbocycles. The SMILES string of the molecule is CC(=O)N(CCC(=O)NC1CCS(=O)(=O)C1)Cc1ccncc1. The summed E-state index contributed by atoms with van der Waals surface area (Å²) in [6.07, 6.45) is 3.92. The minimum Gasteiger partial charge on any atom is -0.352 e. The second kappa shape index (κ2) is 7.54. The average molecular weight is 339 g/mol. The summed E-state index contributed by atoms with van der Waals surface area (Å²) in [4.78, 5) is 29.1. The molecule has 0 aliphatic carbocycles. The molecule has 1 aliphatic rings. The molecule has 0 radical (unpaired) electrons. The van der Waals surface area contributed by atoms with Crippen molar-refractivity contribution >= 4 is 21.7 Å². The fourth-order valence-corrected chi connectivity index (χ4v) is 4.17. The minimum absolute atomic E-state index is 0.00613. The van der Waals surface area contributed by atoms with Gasteiger partial charge in [-0.05, 0) is 24.1 Å². The molecule has 1 fully saturated rings. The standard InChI is InChI=1S/C15H21N3O4S/c1-12(19)18(10-13-2-6-16-7-3-13)8-4-15(20)17-14-5-9-23(21,22)11-14/h2-3,6-7,14H,4-5,8-11H2,1H3,(H,17,20). The molecule has 0 aromatic carbocycles. The number of aromatic nitrogens is 1. The van der Waals surface area contributed by atoms with Crippen LogP contribution < -0.4 is 5.32 Å². The predicted octanol–water partition coefficient (Wildman–Crippen LogP) is 0.124. The molecule has 23 heavy (non-hydrogen) atoms. The van der Waals surface area contributed by atoms with Crippen molar-refractivity contribution in [3.05, 3.63) is 30.1 Å². The Labute approximate surface area is 136 Å². The van der Waals surface area contributed by atoms with Gasteiger partial charge in [0.2, 0.25) is 11.8 Å². The lowest BCUT2D eigenvalue weighted by Gasteiger charge is -2.21. The van der Waals surface area contributed by atoms with Gasteiger partial charge in [0.05, 0.1) is 11.5 Å². The van der Waals surface area contributed by atoms with E-state index in [4.69, 9.17) is 0 Å². The van der Waals surface area contributed by atoms with Crippen molar-refractivity contribution in [3.8, 4) is 0 Å². The Hall–Kier alpha value is -1.96. The number of rotatable bonds is 6. The molecule has 1 aliphatic heterocycles. The molecule has 2 rings (SSSR count). The van der Waals surface area contributed by atoms with Crippen molar-refractivity contribution < 1.29 is 18.0 Å². The third-order valence-electron chi connectivity index (χ3n) is 3.77. The topological polar surface area (TPSA) is 96.4 Å². The molecule has 7 nitrogen and oxygen atoms in total. The van der Waals surface area contributed by atoms with Gasteiger partial charge >= 0.3 is 0 Å². The molecule has 2 heterocycles. The summed E-state index contributed by atoms with van der Waals surface area (Å²) >= 11 is 0. The number of sulfone groups is 1. The van der Waals surface area contributed by atoms with E-state index in [0.29, 0.717) is 19.5 Å². The molecule has 1 atom stereocenters. The molecular weight excluding hydrogens is 318 g/mol. The van der Waals surface area contributed by atoms with Crippen LogP contribution in [0.15, 0.2) is 24.5 Å². The first kappa shape index (κ1) is 17.4. The van der Waals surface area contributed by atoms with E-state index >= 15 is 0 Å². The summed E-state index contributed by atoms with van der Waals surface area (Å²) in [5.74, 6) is -0.211. The van der Waals surface area contributed by atoms with E-state index in [-0.39, 0.29) is 35.8 Å². The van der Waals surface area contributed by atoms with Crippen molar-refractivity contribution in [1.29, 1.82) is 0 Å². The van der Waals surface area contributed by atoms with Crippen LogP contribution in [-0.4, -0.2) is 54.2 Å². The third-order valence-corrected chi connectivity index (χ3v) is 5.54.